The van der Waals surface area contributed by atoms with E-state index in [1.165, 1.54) is 11.8 Å². The highest BCUT2D eigenvalue weighted by molar-refractivity contribution is 7.99. The number of nitrogens with one attached hydrogen (secondary N) is 1. The molecule has 0 unspecified atom stereocenters. The van der Waals surface area contributed by atoms with Gasteiger partial charge in [0.2, 0.25) is 5.91 Å². The zero-order valence-corrected chi connectivity index (χ0v) is 17.4. The molecule has 0 bridgehead atoms. The van der Waals surface area contributed by atoms with E-state index in [0.29, 0.717) is 33.8 Å². The summed E-state index contributed by atoms with van der Waals surface area (Å²) in [5, 5.41) is 21.1. The molecule has 29 heavy (non-hydrogen) atoms. The van der Waals surface area contributed by atoms with Crippen molar-refractivity contribution in [3.05, 3.63) is 53.1 Å². The number of rotatable bonds is 7. The van der Waals surface area contributed by atoms with Crippen LogP contribution < -0.4 is 10.1 Å². The lowest BCUT2D eigenvalue weighted by molar-refractivity contribution is -0.113. The molecule has 1 amide bonds. The van der Waals surface area contributed by atoms with Crippen LogP contribution in [0.4, 0.5) is 5.69 Å². The van der Waals surface area contributed by atoms with Crippen LogP contribution in [0.3, 0.4) is 0 Å². The summed E-state index contributed by atoms with van der Waals surface area (Å²) in [5.41, 5.74) is 1.79. The number of hydrogen-bond acceptors (Lipinski definition) is 6. The largest absolute Gasteiger partial charge is 0.497 e. The molecule has 0 spiro atoms. The summed E-state index contributed by atoms with van der Waals surface area (Å²) in [6.07, 6.45) is 0. The Morgan fingerprint density at radius 1 is 1.31 bits per heavy atom. The fraction of sp³-hybridized carbons (Fsp3) is 0.200. The molecule has 0 aliphatic carbocycles. The van der Waals surface area contributed by atoms with Crippen molar-refractivity contribution in [1.29, 1.82) is 5.26 Å². The normalized spacial score (nSPS) is 10.4. The van der Waals surface area contributed by atoms with E-state index in [4.69, 9.17) is 21.6 Å². The van der Waals surface area contributed by atoms with Gasteiger partial charge in [0.05, 0.1) is 23.4 Å². The van der Waals surface area contributed by atoms with Crippen molar-refractivity contribution in [1.82, 2.24) is 14.8 Å². The maximum atomic E-state index is 12.3. The lowest BCUT2D eigenvalue weighted by Gasteiger charge is -2.09. The lowest BCUT2D eigenvalue weighted by Crippen LogP contribution is -2.14. The molecular formula is C20H18ClN5O2S. The predicted molar refractivity (Wildman–Crippen MR) is 113 cm³/mol. The highest BCUT2D eigenvalue weighted by Gasteiger charge is 2.15. The second-order valence-electron chi connectivity index (χ2n) is 5.93. The summed E-state index contributed by atoms with van der Waals surface area (Å²) < 4.78 is 7.22. The van der Waals surface area contributed by atoms with E-state index in [1.54, 1.807) is 25.3 Å². The van der Waals surface area contributed by atoms with Crippen LogP contribution in [0.2, 0.25) is 5.02 Å². The van der Waals surface area contributed by atoms with Gasteiger partial charge in [0, 0.05) is 17.8 Å². The van der Waals surface area contributed by atoms with Crippen LogP contribution in [-0.2, 0) is 11.3 Å². The standard InChI is InChI=1S/C20H18ClN5O2S/c1-3-26-19(13-5-4-6-16(9-13)28-2)24-25-20(26)29-12-18(27)23-15-8-7-14(11-22)17(21)10-15/h4-10H,3,12H2,1-2H3,(H,23,27). The number of hydrogen-bond donors (Lipinski definition) is 1. The monoisotopic (exact) mass is 427 g/mol. The molecule has 0 saturated heterocycles. The third kappa shape index (κ3) is 4.88. The first-order valence-corrected chi connectivity index (χ1v) is 10.1. The van der Waals surface area contributed by atoms with E-state index in [9.17, 15) is 4.79 Å². The van der Waals surface area contributed by atoms with Gasteiger partial charge in [-0.3, -0.25) is 4.79 Å². The summed E-state index contributed by atoms with van der Waals surface area (Å²) in [6.45, 7) is 2.66. The SMILES string of the molecule is CCn1c(SCC(=O)Nc2ccc(C#N)c(Cl)c2)nnc1-c1cccc(OC)c1. The first kappa shape index (κ1) is 20.7. The number of halogens is 1. The van der Waals surface area contributed by atoms with Gasteiger partial charge in [-0.2, -0.15) is 5.26 Å². The molecule has 0 aliphatic rings. The number of amides is 1. The molecule has 148 valence electrons. The van der Waals surface area contributed by atoms with Crippen molar-refractivity contribution < 1.29 is 9.53 Å². The third-order valence-electron chi connectivity index (χ3n) is 4.07. The van der Waals surface area contributed by atoms with Crippen molar-refractivity contribution in [2.75, 3.05) is 18.2 Å². The Morgan fingerprint density at radius 2 is 2.14 bits per heavy atom. The molecule has 7 nitrogen and oxygen atoms in total. The molecule has 9 heteroatoms. The van der Waals surface area contributed by atoms with Gasteiger partial charge in [-0.15, -0.1) is 10.2 Å². The van der Waals surface area contributed by atoms with Crippen LogP contribution in [0, 0.1) is 11.3 Å². The third-order valence-corrected chi connectivity index (χ3v) is 5.35. The number of thioether (sulfide) groups is 1. The minimum Gasteiger partial charge on any atom is -0.497 e. The van der Waals surface area contributed by atoms with Crippen LogP contribution in [0.25, 0.3) is 11.4 Å². The van der Waals surface area contributed by atoms with Gasteiger partial charge in [0.1, 0.15) is 11.8 Å². The summed E-state index contributed by atoms with van der Waals surface area (Å²) >= 11 is 7.30. The smallest absolute Gasteiger partial charge is 0.234 e. The number of carbonyl (C=O) groups excluding carboxylic acids is 1. The quantitative estimate of drug-likeness (QED) is 0.567. The van der Waals surface area contributed by atoms with E-state index in [0.717, 1.165) is 11.3 Å². The molecule has 3 rings (SSSR count). The van der Waals surface area contributed by atoms with E-state index >= 15 is 0 Å². The summed E-state index contributed by atoms with van der Waals surface area (Å²) in [7, 11) is 1.62. The van der Waals surface area contributed by atoms with E-state index in [-0.39, 0.29) is 11.7 Å². The van der Waals surface area contributed by atoms with Crippen molar-refractivity contribution in [3.8, 4) is 23.2 Å². The number of nitrogens with zero attached hydrogens (tertiary/aromatic N) is 4. The Kier molecular flexibility index (Phi) is 6.75. The van der Waals surface area contributed by atoms with Gasteiger partial charge >= 0.3 is 0 Å². The molecule has 0 atom stereocenters. The Morgan fingerprint density at radius 3 is 2.83 bits per heavy atom. The average molecular weight is 428 g/mol. The molecule has 1 aromatic heterocycles. The first-order chi connectivity index (χ1) is 14.0. The highest BCUT2D eigenvalue weighted by Crippen LogP contribution is 2.27. The molecule has 1 N–H and O–H groups in total. The molecule has 0 saturated carbocycles. The fourth-order valence-electron chi connectivity index (χ4n) is 2.67. The van der Waals surface area contributed by atoms with Crippen LogP contribution >= 0.6 is 23.4 Å². The molecule has 1 heterocycles. The van der Waals surface area contributed by atoms with Crippen molar-refractivity contribution in [3.63, 3.8) is 0 Å². The minimum absolute atomic E-state index is 0.161. The first-order valence-electron chi connectivity index (χ1n) is 8.75. The van der Waals surface area contributed by atoms with Gasteiger partial charge in [-0.25, -0.2) is 0 Å². The molecule has 2 aromatic carbocycles. The number of carbonyl (C=O) groups is 1. The van der Waals surface area contributed by atoms with Crippen LogP contribution in [0.15, 0.2) is 47.6 Å². The maximum absolute atomic E-state index is 12.3. The van der Waals surface area contributed by atoms with Gasteiger partial charge in [-0.1, -0.05) is 35.5 Å². The van der Waals surface area contributed by atoms with Crippen LogP contribution in [0.5, 0.6) is 5.75 Å². The Bertz CT molecular complexity index is 1080. The fourth-order valence-corrected chi connectivity index (χ4v) is 3.69. The van der Waals surface area contributed by atoms with Crippen LogP contribution in [0.1, 0.15) is 12.5 Å². The van der Waals surface area contributed by atoms with Crippen molar-refractivity contribution in [2.45, 2.75) is 18.6 Å². The maximum Gasteiger partial charge on any atom is 0.234 e. The number of benzene rings is 2. The van der Waals surface area contributed by atoms with Crippen molar-refractivity contribution in [2.24, 2.45) is 0 Å². The number of aromatic nitrogens is 3. The zero-order chi connectivity index (χ0) is 20.8. The second-order valence-corrected chi connectivity index (χ2v) is 7.28. The zero-order valence-electron chi connectivity index (χ0n) is 15.8. The van der Waals surface area contributed by atoms with Gasteiger partial charge in [0.25, 0.3) is 0 Å². The molecular weight excluding hydrogens is 410 g/mol. The number of ether oxygens (including phenoxy) is 1. The topological polar surface area (TPSA) is 92.8 Å². The summed E-state index contributed by atoms with van der Waals surface area (Å²) in [4.78, 5) is 12.3. The van der Waals surface area contributed by atoms with E-state index in [2.05, 4.69) is 15.5 Å². The molecule has 0 aliphatic heterocycles. The Labute approximate surface area is 177 Å². The molecule has 0 radical (unpaired) electrons. The Balaban J connectivity index is 1.69. The highest BCUT2D eigenvalue weighted by atomic mass is 35.5. The number of anilines is 1. The Hall–Kier alpha value is -3.02. The van der Waals surface area contributed by atoms with E-state index < -0.39 is 0 Å². The predicted octanol–water partition coefficient (Wildman–Crippen LogP) is 4.23. The minimum atomic E-state index is -0.204. The van der Waals surface area contributed by atoms with Gasteiger partial charge in [0.15, 0.2) is 11.0 Å². The lowest BCUT2D eigenvalue weighted by atomic mass is 10.2. The summed E-state index contributed by atoms with van der Waals surface area (Å²) in [5.74, 6) is 1.41. The average Bonchev–Trinajstić information content (AvgIpc) is 3.15. The van der Waals surface area contributed by atoms with Gasteiger partial charge in [-0.05, 0) is 37.3 Å². The number of nitriles is 1. The van der Waals surface area contributed by atoms with E-state index in [1.807, 2.05) is 41.8 Å². The summed E-state index contributed by atoms with van der Waals surface area (Å²) in [6, 6.07) is 14.3. The van der Waals surface area contributed by atoms with Crippen LogP contribution in [-0.4, -0.2) is 33.5 Å². The second kappa shape index (κ2) is 9.45. The molecule has 0 fully saturated rings. The van der Waals surface area contributed by atoms with Gasteiger partial charge < -0.3 is 14.6 Å². The van der Waals surface area contributed by atoms with Crippen molar-refractivity contribution >= 4 is 35.0 Å². The number of methoxy groups -OCH3 is 1. The molecule has 3 aromatic rings.